The van der Waals surface area contributed by atoms with E-state index in [9.17, 15) is 0 Å². The maximum Gasteiger partial charge on any atom is 0.162 e. The van der Waals surface area contributed by atoms with Crippen LogP contribution in [0, 0.1) is 6.92 Å². The van der Waals surface area contributed by atoms with Crippen LogP contribution >= 0.6 is 0 Å². The van der Waals surface area contributed by atoms with Crippen molar-refractivity contribution in [1.29, 1.82) is 0 Å². The fourth-order valence-corrected chi connectivity index (χ4v) is 2.66. The first-order chi connectivity index (χ1) is 9.54. The SMILES string of the molecule is COc1cc(C)ccc1OC1(CCNC(C)C)CCC1. The minimum Gasteiger partial charge on any atom is -0.493 e. The second kappa shape index (κ2) is 6.49. The first-order valence-electron chi connectivity index (χ1n) is 7.62. The van der Waals surface area contributed by atoms with Crippen LogP contribution in [0.15, 0.2) is 18.2 Å². The summed E-state index contributed by atoms with van der Waals surface area (Å²) >= 11 is 0. The van der Waals surface area contributed by atoms with Crippen molar-refractivity contribution in [1.82, 2.24) is 5.32 Å². The summed E-state index contributed by atoms with van der Waals surface area (Å²) in [4.78, 5) is 0. The lowest BCUT2D eigenvalue weighted by Crippen LogP contribution is -2.46. The van der Waals surface area contributed by atoms with Gasteiger partial charge >= 0.3 is 0 Å². The standard InChI is InChI=1S/C17H27NO2/c1-13(2)18-11-10-17(8-5-9-17)20-15-7-6-14(3)12-16(15)19-4/h6-7,12-13,18H,5,8-11H2,1-4H3. The van der Waals surface area contributed by atoms with E-state index in [0.29, 0.717) is 6.04 Å². The molecule has 1 fully saturated rings. The monoisotopic (exact) mass is 277 g/mol. The molecule has 2 rings (SSSR count). The van der Waals surface area contributed by atoms with Gasteiger partial charge in [-0.2, -0.15) is 0 Å². The predicted molar refractivity (Wildman–Crippen MR) is 82.7 cm³/mol. The van der Waals surface area contributed by atoms with E-state index in [4.69, 9.17) is 9.47 Å². The summed E-state index contributed by atoms with van der Waals surface area (Å²) in [6.45, 7) is 7.43. The average molecular weight is 277 g/mol. The Labute approximate surface area is 122 Å². The molecule has 1 aliphatic rings. The summed E-state index contributed by atoms with van der Waals surface area (Å²) in [5.74, 6) is 1.72. The van der Waals surface area contributed by atoms with Gasteiger partial charge in [0, 0.05) is 6.04 Å². The van der Waals surface area contributed by atoms with Gasteiger partial charge in [0.2, 0.25) is 0 Å². The van der Waals surface area contributed by atoms with Crippen LogP contribution in [0.5, 0.6) is 11.5 Å². The molecule has 0 amide bonds. The number of nitrogens with one attached hydrogen (secondary N) is 1. The third-order valence-corrected chi connectivity index (χ3v) is 4.04. The van der Waals surface area contributed by atoms with E-state index >= 15 is 0 Å². The van der Waals surface area contributed by atoms with Crippen molar-refractivity contribution in [2.75, 3.05) is 13.7 Å². The minimum absolute atomic E-state index is 0.00439. The highest BCUT2D eigenvalue weighted by atomic mass is 16.5. The molecule has 3 nitrogen and oxygen atoms in total. The molecule has 0 bridgehead atoms. The van der Waals surface area contributed by atoms with Crippen LogP contribution < -0.4 is 14.8 Å². The molecule has 20 heavy (non-hydrogen) atoms. The van der Waals surface area contributed by atoms with Gasteiger partial charge in [-0.3, -0.25) is 0 Å². The van der Waals surface area contributed by atoms with Gasteiger partial charge in [0.25, 0.3) is 0 Å². The highest BCUT2D eigenvalue weighted by molar-refractivity contribution is 5.43. The summed E-state index contributed by atoms with van der Waals surface area (Å²) in [5, 5.41) is 3.48. The number of hydrogen-bond acceptors (Lipinski definition) is 3. The summed E-state index contributed by atoms with van der Waals surface area (Å²) in [5.41, 5.74) is 1.20. The molecule has 0 unspecified atom stereocenters. The largest absolute Gasteiger partial charge is 0.493 e. The molecular weight excluding hydrogens is 250 g/mol. The van der Waals surface area contributed by atoms with Crippen molar-refractivity contribution in [2.45, 2.75) is 58.1 Å². The van der Waals surface area contributed by atoms with Crippen LogP contribution in [0.25, 0.3) is 0 Å². The normalized spacial score (nSPS) is 16.9. The zero-order valence-corrected chi connectivity index (χ0v) is 13.2. The Bertz CT molecular complexity index is 439. The van der Waals surface area contributed by atoms with E-state index in [1.54, 1.807) is 7.11 Å². The summed E-state index contributed by atoms with van der Waals surface area (Å²) in [6, 6.07) is 6.68. The Balaban J connectivity index is 2.02. The number of methoxy groups -OCH3 is 1. The highest BCUT2D eigenvalue weighted by Crippen LogP contribution is 2.42. The Morgan fingerprint density at radius 2 is 2.00 bits per heavy atom. The average Bonchev–Trinajstić information content (AvgIpc) is 2.37. The lowest BCUT2D eigenvalue weighted by atomic mass is 9.77. The quantitative estimate of drug-likeness (QED) is 0.824. The molecule has 0 radical (unpaired) electrons. The summed E-state index contributed by atoms with van der Waals surface area (Å²) in [7, 11) is 1.70. The van der Waals surface area contributed by atoms with Crippen molar-refractivity contribution >= 4 is 0 Å². The van der Waals surface area contributed by atoms with Gasteiger partial charge in [0.1, 0.15) is 5.60 Å². The van der Waals surface area contributed by atoms with Crippen molar-refractivity contribution < 1.29 is 9.47 Å². The predicted octanol–water partition coefficient (Wildman–Crippen LogP) is 3.69. The molecule has 1 saturated carbocycles. The van der Waals surface area contributed by atoms with Crippen molar-refractivity contribution in [3.8, 4) is 11.5 Å². The molecule has 0 spiro atoms. The summed E-state index contributed by atoms with van der Waals surface area (Å²) in [6.07, 6.45) is 4.60. The van der Waals surface area contributed by atoms with Crippen LogP contribution in [0.4, 0.5) is 0 Å². The lowest BCUT2D eigenvalue weighted by molar-refractivity contribution is -0.0163. The van der Waals surface area contributed by atoms with E-state index < -0.39 is 0 Å². The number of hydrogen-bond donors (Lipinski definition) is 1. The van der Waals surface area contributed by atoms with E-state index in [-0.39, 0.29) is 5.60 Å². The molecule has 1 aromatic rings. The smallest absolute Gasteiger partial charge is 0.162 e. The first-order valence-corrected chi connectivity index (χ1v) is 7.62. The van der Waals surface area contributed by atoms with Gasteiger partial charge in [-0.15, -0.1) is 0 Å². The Kier molecular flexibility index (Phi) is 4.92. The molecule has 0 atom stereocenters. The Morgan fingerprint density at radius 3 is 2.55 bits per heavy atom. The van der Waals surface area contributed by atoms with Crippen LogP contribution in [-0.4, -0.2) is 25.3 Å². The van der Waals surface area contributed by atoms with Gasteiger partial charge in [-0.05, 0) is 56.8 Å². The molecule has 1 aliphatic carbocycles. The number of ether oxygens (including phenoxy) is 2. The molecule has 0 saturated heterocycles. The molecule has 0 heterocycles. The van der Waals surface area contributed by atoms with E-state index in [1.807, 2.05) is 12.1 Å². The van der Waals surface area contributed by atoms with Crippen molar-refractivity contribution in [3.63, 3.8) is 0 Å². The highest BCUT2D eigenvalue weighted by Gasteiger charge is 2.39. The fraction of sp³-hybridized carbons (Fsp3) is 0.647. The van der Waals surface area contributed by atoms with Gasteiger partial charge in [0.15, 0.2) is 11.5 Å². The van der Waals surface area contributed by atoms with E-state index in [1.165, 1.54) is 12.0 Å². The van der Waals surface area contributed by atoms with Gasteiger partial charge in [-0.25, -0.2) is 0 Å². The molecule has 112 valence electrons. The third-order valence-electron chi connectivity index (χ3n) is 4.04. The van der Waals surface area contributed by atoms with Crippen LogP contribution in [0.3, 0.4) is 0 Å². The lowest BCUT2D eigenvalue weighted by Gasteiger charge is -2.42. The maximum atomic E-state index is 6.33. The van der Waals surface area contributed by atoms with E-state index in [0.717, 1.165) is 37.3 Å². The molecule has 0 aromatic heterocycles. The first kappa shape index (κ1) is 15.2. The second-order valence-electron chi connectivity index (χ2n) is 6.15. The molecular formula is C17H27NO2. The summed E-state index contributed by atoms with van der Waals surface area (Å²) < 4.78 is 11.8. The Hall–Kier alpha value is -1.22. The number of rotatable bonds is 7. The van der Waals surface area contributed by atoms with Crippen molar-refractivity contribution in [3.05, 3.63) is 23.8 Å². The molecule has 0 aliphatic heterocycles. The molecule has 1 aromatic carbocycles. The third kappa shape index (κ3) is 3.66. The topological polar surface area (TPSA) is 30.5 Å². The number of benzene rings is 1. The van der Waals surface area contributed by atoms with Crippen LogP contribution in [0.2, 0.25) is 0 Å². The zero-order valence-electron chi connectivity index (χ0n) is 13.2. The molecule has 1 N–H and O–H groups in total. The van der Waals surface area contributed by atoms with Crippen LogP contribution in [-0.2, 0) is 0 Å². The molecule has 3 heteroatoms. The Morgan fingerprint density at radius 1 is 1.25 bits per heavy atom. The second-order valence-corrected chi connectivity index (χ2v) is 6.15. The van der Waals surface area contributed by atoms with Crippen molar-refractivity contribution in [2.24, 2.45) is 0 Å². The van der Waals surface area contributed by atoms with Gasteiger partial charge < -0.3 is 14.8 Å². The van der Waals surface area contributed by atoms with Gasteiger partial charge in [0.05, 0.1) is 7.11 Å². The van der Waals surface area contributed by atoms with Gasteiger partial charge in [-0.1, -0.05) is 19.9 Å². The van der Waals surface area contributed by atoms with E-state index in [2.05, 4.69) is 32.2 Å². The maximum absolute atomic E-state index is 6.33. The zero-order chi connectivity index (χ0) is 14.6. The number of aryl methyl sites for hydroxylation is 1. The fourth-order valence-electron chi connectivity index (χ4n) is 2.66. The van der Waals surface area contributed by atoms with Crippen LogP contribution in [0.1, 0.15) is 45.1 Å². The minimum atomic E-state index is 0.00439.